The zero-order valence-corrected chi connectivity index (χ0v) is 4.15. The molecule has 2 radical (unpaired) electrons. The third-order valence-electron chi connectivity index (χ3n) is 0.538. The molecule has 0 spiro atoms. The molecule has 32 valence electrons. The summed E-state index contributed by atoms with van der Waals surface area (Å²) >= 11 is 0. The molecule has 1 heteroatoms. The van der Waals surface area contributed by atoms with Crippen molar-refractivity contribution in [2.24, 2.45) is 0 Å². The maximum absolute atomic E-state index is 5.13. The minimum atomic E-state index is 0.674. The first kappa shape index (κ1) is 5.80. The molecule has 0 saturated carbocycles. The smallest absolute Gasteiger partial charge is 0.0708 e. The quantitative estimate of drug-likeness (QED) is 0.348. The van der Waals surface area contributed by atoms with Crippen molar-refractivity contribution in [1.29, 1.82) is 0 Å². The molecular formula is C5H9B. The van der Waals surface area contributed by atoms with E-state index in [9.17, 15) is 0 Å². The number of hydrogen-bond acceptors (Lipinski definition) is 0. The molecule has 0 saturated heterocycles. The summed E-state index contributed by atoms with van der Waals surface area (Å²) in [6, 6.07) is 0. The Kier molecular flexibility index (Phi) is 4.65. The SMILES string of the molecule is [B]CC=CCC. The summed E-state index contributed by atoms with van der Waals surface area (Å²) in [7, 11) is 5.13. The van der Waals surface area contributed by atoms with Crippen molar-refractivity contribution in [2.45, 2.75) is 19.7 Å². The minimum Gasteiger partial charge on any atom is -0.0971 e. The van der Waals surface area contributed by atoms with Crippen LogP contribution >= 0.6 is 0 Å². The Bertz CT molecular complexity index is 33.2. The van der Waals surface area contributed by atoms with Crippen LogP contribution < -0.4 is 0 Å². The number of hydrogen-bond donors (Lipinski definition) is 0. The Morgan fingerprint density at radius 1 is 1.50 bits per heavy atom. The summed E-state index contributed by atoms with van der Waals surface area (Å²) in [5.74, 6) is 0. The van der Waals surface area contributed by atoms with Gasteiger partial charge in [-0.2, -0.15) is 0 Å². The predicted octanol–water partition coefficient (Wildman–Crippen LogP) is 1.54. The van der Waals surface area contributed by atoms with E-state index in [1.54, 1.807) is 0 Å². The van der Waals surface area contributed by atoms with Gasteiger partial charge in [-0.1, -0.05) is 25.4 Å². The fourth-order valence-electron chi connectivity index (χ4n) is 0.263. The molecule has 0 N–H and O–H groups in total. The standard InChI is InChI=1S/C5H9B/c1-2-3-4-5-6/h3-4H,2,5H2,1H3. The van der Waals surface area contributed by atoms with Gasteiger partial charge in [-0.3, -0.25) is 0 Å². The van der Waals surface area contributed by atoms with Crippen molar-refractivity contribution in [2.75, 3.05) is 0 Å². The van der Waals surface area contributed by atoms with Gasteiger partial charge in [0.05, 0.1) is 7.85 Å². The summed E-state index contributed by atoms with van der Waals surface area (Å²) in [6.07, 6.45) is 5.78. The van der Waals surface area contributed by atoms with Gasteiger partial charge in [0.2, 0.25) is 0 Å². The van der Waals surface area contributed by atoms with Gasteiger partial charge in [-0.05, 0) is 6.42 Å². The van der Waals surface area contributed by atoms with Gasteiger partial charge in [0.25, 0.3) is 0 Å². The predicted molar refractivity (Wildman–Crippen MR) is 30.0 cm³/mol. The Balaban J connectivity index is 2.73. The molecule has 0 aliphatic carbocycles. The highest BCUT2D eigenvalue weighted by molar-refractivity contribution is 6.09. The Labute approximate surface area is 40.7 Å². The van der Waals surface area contributed by atoms with Gasteiger partial charge in [0.1, 0.15) is 0 Å². The second kappa shape index (κ2) is 4.80. The van der Waals surface area contributed by atoms with Crippen molar-refractivity contribution in [3.05, 3.63) is 12.2 Å². The molecule has 0 unspecified atom stereocenters. The lowest BCUT2D eigenvalue weighted by Gasteiger charge is -1.72. The van der Waals surface area contributed by atoms with Gasteiger partial charge in [0.15, 0.2) is 0 Å². The summed E-state index contributed by atoms with van der Waals surface area (Å²) in [5.41, 5.74) is 0. The average molecular weight is 79.9 g/mol. The molecule has 0 rings (SSSR count). The molecule has 0 heterocycles. The maximum atomic E-state index is 5.13. The minimum absolute atomic E-state index is 0.674. The van der Waals surface area contributed by atoms with Crippen LogP contribution in [-0.2, 0) is 0 Å². The van der Waals surface area contributed by atoms with E-state index in [0.717, 1.165) is 6.42 Å². The fourth-order valence-corrected chi connectivity index (χ4v) is 0.263. The molecule has 0 fully saturated rings. The summed E-state index contributed by atoms with van der Waals surface area (Å²) in [4.78, 5) is 0. The van der Waals surface area contributed by atoms with E-state index in [1.807, 2.05) is 6.08 Å². The van der Waals surface area contributed by atoms with E-state index >= 15 is 0 Å². The van der Waals surface area contributed by atoms with Gasteiger partial charge in [-0.15, -0.1) is 0 Å². The lowest BCUT2D eigenvalue weighted by molar-refractivity contribution is 1.22. The fraction of sp³-hybridized carbons (Fsp3) is 0.600. The second-order valence-corrected chi connectivity index (χ2v) is 1.12. The monoisotopic (exact) mass is 80.1 g/mol. The Hall–Kier alpha value is -0.195. The second-order valence-electron chi connectivity index (χ2n) is 1.12. The largest absolute Gasteiger partial charge is 0.0971 e. The van der Waals surface area contributed by atoms with E-state index in [2.05, 4.69) is 13.0 Å². The molecule has 0 aliphatic heterocycles. The molecule has 0 nitrogen and oxygen atoms in total. The Morgan fingerprint density at radius 3 is 2.33 bits per heavy atom. The van der Waals surface area contributed by atoms with Gasteiger partial charge < -0.3 is 0 Å². The molecule has 0 amide bonds. The highest BCUT2D eigenvalue weighted by atomic mass is 13.6. The Morgan fingerprint density at radius 2 is 2.17 bits per heavy atom. The lowest BCUT2D eigenvalue weighted by Crippen LogP contribution is -1.55. The molecule has 6 heavy (non-hydrogen) atoms. The number of allylic oxidation sites excluding steroid dienone is 2. The summed E-state index contributed by atoms with van der Waals surface area (Å²) < 4.78 is 0. The van der Waals surface area contributed by atoms with Crippen LogP contribution in [0.4, 0.5) is 0 Å². The van der Waals surface area contributed by atoms with Crippen molar-refractivity contribution in [3.63, 3.8) is 0 Å². The van der Waals surface area contributed by atoms with E-state index < -0.39 is 0 Å². The van der Waals surface area contributed by atoms with Crippen LogP contribution in [0, 0.1) is 0 Å². The van der Waals surface area contributed by atoms with Crippen LogP contribution in [-0.4, -0.2) is 7.85 Å². The van der Waals surface area contributed by atoms with E-state index in [4.69, 9.17) is 7.85 Å². The molecule has 0 aromatic heterocycles. The maximum Gasteiger partial charge on any atom is 0.0708 e. The van der Waals surface area contributed by atoms with Crippen LogP contribution in [0.5, 0.6) is 0 Å². The zero-order chi connectivity index (χ0) is 4.83. The first-order chi connectivity index (χ1) is 2.91. The molecule has 0 aromatic rings. The molecule has 0 bridgehead atoms. The molecular weight excluding hydrogens is 70.9 g/mol. The highest BCUT2D eigenvalue weighted by Crippen LogP contribution is 1.79. The van der Waals surface area contributed by atoms with Gasteiger partial charge >= 0.3 is 0 Å². The van der Waals surface area contributed by atoms with Crippen LogP contribution in [0.3, 0.4) is 0 Å². The third kappa shape index (κ3) is 3.80. The molecule has 0 atom stereocenters. The first-order valence-electron chi connectivity index (χ1n) is 2.27. The average Bonchev–Trinajstić information content (AvgIpc) is 1.61. The zero-order valence-electron chi connectivity index (χ0n) is 4.15. The highest BCUT2D eigenvalue weighted by Gasteiger charge is 1.60. The first-order valence-corrected chi connectivity index (χ1v) is 2.27. The summed E-state index contributed by atoms with van der Waals surface area (Å²) in [6.45, 7) is 2.09. The van der Waals surface area contributed by atoms with Crippen LogP contribution in [0.15, 0.2) is 12.2 Å². The third-order valence-corrected chi connectivity index (χ3v) is 0.538. The van der Waals surface area contributed by atoms with Crippen molar-refractivity contribution in [3.8, 4) is 0 Å². The molecule has 0 aliphatic rings. The van der Waals surface area contributed by atoms with Crippen molar-refractivity contribution in [1.82, 2.24) is 0 Å². The topological polar surface area (TPSA) is 0 Å². The summed E-state index contributed by atoms with van der Waals surface area (Å²) in [5, 5.41) is 0. The van der Waals surface area contributed by atoms with Gasteiger partial charge in [-0.25, -0.2) is 0 Å². The normalized spacial score (nSPS) is 10.2. The van der Waals surface area contributed by atoms with Crippen molar-refractivity contribution < 1.29 is 0 Å². The van der Waals surface area contributed by atoms with Crippen LogP contribution in [0.25, 0.3) is 0 Å². The van der Waals surface area contributed by atoms with E-state index in [-0.39, 0.29) is 0 Å². The van der Waals surface area contributed by atoms with Crippen molar-refractivity contribution >= 4 is 7.85 Å². The molecule has 0 aromatic carbocycles. The van der Waals surface area contributed by atoms with E-state index in [1.165, 1.54) is 0 Å². The lowest BCUT2D eigenvalue weighted by atomic mass is 10.1. The van der Waals surface area contributed by atoms with E-state index in [0.29, 0.717) is 6.32 Å². The van der Waals surface area contributed by atoms with Gasteiger partial charge in [0, 0.05) is 0 Å². The number of rotatable bonds is 2. The van der Waals surface area contributed by atoms with Crippen LogP contribution in [0.1, 0.15) is 13.3 Å². The van der Waals surface area contributed by atoms with Crippen LogP contribution in [0.2, 0.25) is 6.32 Å².